The summed E-state index contributed by atoms with van der Waals surface area (Å²) in [7, 11) is 0. The highest BCUT2D eigenvalue weighted by Crippen LogP contribution is 2.28. The van der Waals surface area contributed by atoms with Crippen molar-refractivity contribution < 1.29 is 4.39 Å². The molecule has 4 heteroatoms. The maximum Gasteiger partial charge on any atom is 0.133 e. The second-order valence-electron chi connectivity index (χ2n) is 4.58. The van der Waals surface area contributed by atoms with Gasteiger partial charge in [0.05, 0.1) is 5.69 Å². The largest absolute Gasteiger partial charge is 0.370 e. The van der Waals surface area contributed by atoms with Crippen LogP contribution in [0, 0.1) is 26.6 Å². The standard InChI is InChI=1S/C15H18FN3/c1-5-17-15-10(3)14(18-11(4)19-15)13-7-6-12(16)8-9(13)2/h6-8H,5H2,1-4H3,(H,17,18,19). The molecule has 0 atom stereocenters. The highest BCUT2D eigenvalue weighted by molar-refractivity contribution is 5.70. The molecule has 2 rings (SSSR count). The van der Waals surface area contributed by atoms with E-state index in [1.54, 1.807) is 6.07 Å². The van der Waals surface area contributed by atoms with Gasteiger partial charge in [0.2, 0.25) is 0 Å². The van der Waals surface area contributed by atoms with Gasteiger partial charge in [-0.1, -0.05) is 0 Å². The zero-order valence-corrected chi connectivity index (χ0v) is 11.7. The minimum Gasteiger partial charge on any atom is -0.370 e. The van der Waals surface area contributed by atoms with Gasteiger partial charge in [-0.25, -0.2) is 14.4 Å². The van der Waals surface area contributed by atoms with Crippen molar-refractivity contribution in [2.75, 3.05) is 11.9 Å². The second kappa shape index (κ2) is 5.34. The third kappa shape index (κ3) is 2.72. The van der Waals surface area contributed by atoms with Gasteiger partial charge in [-0.15, -0.1) is 0 Å². The molecular weight excluding hydrogens is 241 g/mol. The molecule has 0 amide bonds. The average Bonchev–Trinajstić information content (AvgIpc) is 2.34. The van der Waals surface area contributed by atoms with Crippen molar-refractivity contribution in [1.82, 2.24) is 9.97 Å². The summed E-state index contributed by atoms with van der Waals surface area (Å²) in [4.78, 5) is 8.90. The third-order valence-electron chi connectivity index (χ3n) is 3.05. The molecule has 0 aliphatic heterocycles. The Kier molecular flexibility index (Phi) is 3.79. The smallest absolute Gasteiger partial charge is 0.133 e. The van der Waals surface area contributed by atoms with E-state index in [1.165, 1.54) is 12.1 Å². The number of benzene rings is 1. The van der Waals surface area contributed by atoms with Crippen molar-refractivity contribution in [1.29, 1.82) is 0 Å². The van der Waals surface area contributed by atoms with Gasteiger partial charge in [-0.05, 0) is 51.5 Å². The van der Waals surface area contributed by atoms with E-state index in [2.05, 4.69) is 15.3 Å². The third-order valence-corrected chi connectivity index (χ3v) is 3.05. The Morgan fingerprint density at radius 1 is 1.16 bits per heavy atom. The van der Waals surface area contributed by atoms with E-state index in [4.69, 9.17) is 0 Å². The predicted molar refractivity (Wildman–Crippen MR) is 75.8 cm³/mol. The molecule has 0 bridgehead atoms. The van der Waals surface area contributed by atoms with Crippen LogP contribution in [0.5, 0.6) is 0 Å². The molecule has 0 saturated heterocycles. The summed E-state index contributed by atoms with van der Waals surface area (Å²) < 4.78 is 13.2. The summed E-state index contributed by atoms with van der Waals surface area (Å²) >= 11 is 0. The molecule has 2 aromatic rings. The normalized spacial score (nSPS) is 10.6. The van der Waals surface area contributed by atoms with E-state index < -0.39 is 0 Å². The molecule has 1 heterocycles. The van der Waals surface area contributed by atoms with Crippen molar-refractivity contribution in [3.8, 4) is 11.3 Å². The molecule has 0 saturated carbocycles. The lowest BCUT2D eigenvalue weighted by atomic mass is 10.0. The summed E-state index contributed by atoms with van der Waals surface area (Å²) in [5, 5.41) is 3.23. The van der Waals surface area contributed by atoms with E-state index in [0.29, 0.717) is 5.82 Å². The SMILES string of the molecule is CCNc1nc(C)nc(-c2ccc(F)cc2C)c1C. The molecule has 0 aliphatic carbocycles. The van der Waals surface area contributed by atoms with E-state index >= 15 is 0 Å². The molecule has 0 spiro atoms. The van der Waals surface area contributed by atoms with Crippen LogP contribution in [0.25, 0.3) is 11.3 Å². The summed E-state index contributed by atoms with van der Waals surface area (Å²) in [6, 6.07) is 4.76. The minimum atomic E-state index is -0.225. The summed E-state index contributed by atoms with van der Waals surface area (Å²) in [5.74, 6) is 1.32. The van der Waals surface area contributed by atoms with Crippen LogP contribution in [-0.2, 0) is 0 Å². The number of aromatic nitrogens is 2. The van der Waals surface area contributed by atoms with Crippen molar-refractivity contribution in [3.05, 3.63) is 41.0 Å². The van der Waals surface area contributed by atoms with Gasteiger partial charge in [0.15, 0.2) is 0 Å². The summed E-state index contributed by atoms with van der Waals surface area (Å²) in [5.41, 5.74) is 3.68. The van der Waals surface area contributed by atoms with Crippen LogP contribution in [0.3, 0.4) is 0 Å². The molecule has 1 aromatic carbocycles. The Hall–Kier alpha value is -1.97. The number of hydrogen-bond donors (Lipinski definition) is 1. The van der Waals surface area contributed by atoms with Crippen LogP contribution in [0.2, 0.25) is 0 Å². The molecule has 0 fully saturated rings. The summed E-state index contributed by atoms with van der Waals surface area (Å²) in [6.07, 6.45) is 0. The number of nitrogens with one attached hydrogen (secondary N) is 1. The number of hydrogen-bond acceptors (Lipinski definition) is 3. The van der Waals surface area contributed by atoms with Gasteiger partial charge >= 0.3 is 0 Å². The maximum atomic E-state index is 13.2. The number of aryl methyl sites for hydroxylation is 2. The van der Waals surface area contributed by atoms with Crippen LogP contribution < -0.4 is 5.32 Å². The Labute approximate surface area is 112 Å². The molecule has 3 nitrogen and oxygen atoms in total. The maximum absolute atomic E-state index is 13.2. The molecular formula is C15H18FN3. The molecule has 0 radical (unpaired) electrons. The monoisotopic (exact) mass is 259 g/mol. The highest BCUT2D eigenvalue weighted by Gasteiger charge is 2.12. The van der Waals surface area contributed by atoms with E-state index in [0.717, 1.165) is 34.7 Å². The quantitative estimate of drug-likeness (QED) is 0.914. The fourth-order valence-electron chi connectivity index (χ4n) is 2.12. The Balaban J connectivity index is 2.61. The first kappa shape index (κ1) is 13.5. The van der Waals surface area contributed by atoms with Crippen molar-refractivity contribution >= 4 is 5.82 Å². The first-order chi connectivity index (χ1) is 9.02. The van der Waals surface area contributed by atoms with E-state index in [-0.39, 0.29) is 5.82 Å². The van der Waals surface area contributed by atoms with Crippen molar-refractivity contribution in [3.63, 3.8) is 0 Å². The lowest BCUT2D eigenvalue weighted by Crippen LogP contribution is -2.06. The van der Waals surface area contributed by atoms with Crippen molar-refractivity contribution in [2.24, 2.45) is 0 Å². The van der Waals surface area contributed by atoms with Crippen LogP contribution in [0.4, 0.5) is 10.2 Å². The van der Waals surface area contributed by atoms with Gasteiger partial charge in [-0.3, -0.25) is 0 Å². The molecule has 19 heavy (non-hydrogen) atoms. The number of rotatable bonds is 3. The lowest BCUT2D eigenvalue weighted by molar-refractivity contribution is 0.627. The second-order valence-corrected chi connectivity index (χ2v) is 4.58. The number of halogens is 1. The van der Waals surface area contributed by atoms with E-state index in [1.807, 2.05) is 27.7 Å². The predicted octanol–water partition coefficient (Wildman–Crippen LogP) is 3.64. The lowest BCUT2D eigenvalue weighted by Gasteiger charge is -2.13. The fraction of sp³-hybridized carbons (Fsp3) is 0.333. The molecule has 1 N–H and O–H groups in total. The Bertz CT molecular complexity index is 609. The molecule has 100 valence electrons. The van der Waals surface area contributed by atoms with Gasteiger partial charge in [0.25, 0.3) is 0 Å². The zero-order valence-electron chi connectivity index (χ0n) is 11.7. The van der Waals surface area contributed by atoms with Gasteiger partial charge in [0.1, 0.15) is 17.5 Å². The fourth-order valence-corrected chi connectivity index (χ4v) is 2.12. The van der Waals surface area contributed by atoms with Crippen LogP contribution in [0.15, 0.2) is 18.2 Å². The topological polar surface area (TPSA) is 37.8 Å². The Morgan fingerprint density at radius 3 is 2.53 bits per heavy atom. The molecule has 0 aliphatic rings. The highest BCUT2D eigenvalue weighted by atomic mass is 19.1. The minimum absolute atomic E-state index is 0.225. The number of nitrogens with zero attached hydrogens (tertiary/aromatic N) is 2. The first-order valence-electron chi connectivity index (χ1n) is 6.38. The van der Waals surface area contributed by atoms with E-state index in [9.17, 15) is 4.39 Å². The number of anilines is 1. The van der Waals surface area contributed by atoms with Gasteiger partial charge < -0.3 is 5.32 Å². The van der Waals surface area contributed by atoms with Crippen LogP contribution in [0.1, 0.15) is 23.9 Å². The molecule has 0 unspecified atom stereocenters. The van der Waals surface area contributed by atoms with Gasteiger partial charge in [-0.2, -0.15) is 0 Å². The zero-order chi connectivity index (χ0) is 14.0. The van der Waals surface area contributed by atoms with Crippen LogP contribution >= 0.6 is 0 Å². The Morgan fingerprint density at radius 2 is 1.89 bits per heavy atom. The molecule has 1 aromatic heterocycles. The first-order valence-corrected chi connectivity index (χ1v) is 6.38. The summed E-state index contributed by atoms with van der Waals surface area (Å²) in [6.45, 7) is 8.57. The average molecular weight is 259 g/mol. The van der Waals surface area contributed by atoms with Gasteiger partial charge in [0, 0.05) is 17.7 Å². The van der Waals surface area contributed by atoms with Crippen molar-refractivity contribution in [2.45, 2.75) is 27.7 Å². The van der Waals surface area contributed by atoms with Crippen LogP contribution in [-0.4, -0.2) is 16.5 Å².